The van der Waals surface area contributed by atoms with E-state index in [4.69, 9.17) is 0 Å². The molecule has 5 heteroatoms. The van der Waals surface area contributed by atoms with Crippen LogP contribution in [0.25, 0.3) is 34.1 Å². The number of para-hydroxylation sites is 3. The number of nitrogens with zero attached hydrogens (tertiary/aromatic N) is 3. The number of aromatic amines is 1. The Morgan fingerprint density at radius 3 is 2.52 bits per heavy atom. The Bertz CT molecular complexity index is 1100. The van der Waals surface area contributed by atoms with Crippen LogP contribution in [0, 0.1) is 0 Å². The lowest BCUT2D eigenvalue weighted by Crippen LogP contribution is -2.09. The van der Waals surface area contributed by atoms with E-state index in [9.17, 15) is 4.79 Å². The van der Waals surface area contributed by atoms with Gasteiger partial charge in [0.05, 0.1) is 21.9 Å². The van der Waals surface area contributed by atoms with Gasteiger partial charge in [-0.15, -0.1) is 0 Å². The highest BCUT2D eigenvalue weighted by Gasteiger charge is 2.05. The normalized spacial score (nSPS) is 11.7. The maximum Gasteiger partial charge on any atom is 0.259 e. The van der Waals surface area contributed by atoms with Gasteiger partial charge < -0.3 is 9.55 Å². The van der Waals surface area contributed by atoms with Crippen molar-refractivity contribution >= 4 is 34.1 Å². The Kier molecular flexibility index (Phi) is 3.05. The molecule has 0 radical (unpaired) electrons. The average molecular weight is 302 g/mol. The molecular weight excluding hydrogens is 288 g/mol. The van der Waals surface area contributed by atoms with Crippen LogP contribution in [0.4, 0.5) is 0 Å². The van der Waals surface area contributed by atoms with Gasteiger partial charge in [0.2, 0.25) is 0 Å². The Morgan fingerprint density at radius 2 is 1.70 bits per heavy atom. The molecule has 0 saturated heterocycles. The summed E-state index contributed by atoms with van der Waals surface area (Å²) in [7, 11) is 1.96. The first kappa shape index (κ1) is 13.5. The SMILES string of the molecule is Cn1c(C=Cc2nc3ccccc3c(=O)[nH]2)nc2ccccc21. The molecule has 0 aliphatic heterocycles. The van der Waals surface area contributed by atoms with Crippen LogP contribution < -0.4 is 5.56 Å². The maximum atomic E-state index is 12.1. The van der Waals surface area contributed by atoms with Gasteiger partial charge in [0.1, 0.15) is 11.6 Å². The molecule has 0 atom stereocenters. The van der Waals surface area contributed by atoms with Crippen molar-refractivity contribution in [3.05, 3.63) is 70.5 Å². The quantitative estimate of drug-likeness (QED) is 0.619. The number of fused-ring (bicyclic) bond motifs is 2. The summed E-state index contributed by atoms with van der Waals surface area (Å²) in [5.74, 6) is 1.32. The minimum absolute atomic E-state index is 0.139. The highest BCUT2D eigenvalue weighted by Crippen LogP contribution is 2.16. The van der Waals surface area contributed by atoms with E-state index in [2.05, 4.69) is 15.0 Å². The Balaban J connectivity index is 1.78. The highest BCUT2D eigenvalue weighted by molar-refractivity contribution is 5.81. The monoisotopic (exact) mass is 302 g/mol. The summed E-state index contributed by atoms with van der Waals surface area (Å²) in [4.78, 5) is 23.9. The highest BCUT2D eigenvalue weighted by atomic mass is 16.1. The third-order valence-corrected chi connectivity index (χ3v) is 3.84. The molecule has 1 N–H and O–H groups in total. The molecule has 0 aliphatic rings. The third-order valence-electron chi connectivity index (χ3n) is 3.84. The molecule has 0 aliphatic carbocycles. The van der Waals surface area contributed by atoms with Gasteiger partial charge in [-0.1, -0.05) is 24.3 Å². The molecule has 0 bridgehead atoms. The van der Waals surface area contributed by atoms with Crippen molar-refractivity contribution in [2.75, 3.05) is 0 Å². The fraction of sp³-hybridized carbons (Fsp3) is 0.0556. The first-order chi connectivity index (χ1) is 11.2. The van der Waals surface area contributed by atoms with Crippen molar-refractivity contribution in [2.45, 2.75) is 0 Å². The maximum absolute atomic E-state index is 12.1. The molecule has 0 amide bonds. The molecular formula is C18H14N4O. The van der Waals surface area contributed by atoms with Crippen LogP contribution in [-0.4, -0.2) is 19.5 Å². The van der Waals surface area contributed by atoms with E-state index < -0.39 is 0 Å². The van der Waals surface area contributed by atoms with E-state index in [0.717, 1.165) is 16.9 Å². The summed E-state index contributed by atoms with van der Waals surface area (Å²) in [6.45, 7) is 0. The molecule has 0 saturated carbocycles. The average Bonchev–Trinajstić information content (AvgIpc) is 2.90. The summed E-state index contributed by atoms with van der Waals surface area (Å²) < 4.78 is 2.00. The van der Waals surface area contributed by atoms with Crippen LogP contribution in [0.1, 0.15) is 11.6 Å². The van der Waals surface area contributed by atoms with E-state index in [1.165, 1.54) is 0 Å². The number of aryl methyl sites for hydroxylation is 1. The lowest BCUT2D eigenvalue weighted by atomic mass is 10.2. The molecule has 4 aromatic rings. The Morgan fingerprint density at radius 1 is 0.957 bits per heavy atom. The number of rotatable bonds is 2. The van der Waals surface area contributed by atoms with E-state index in [1.54, 1.807) is 12.1 Å². The van der Waals surface area contributed by atoms with Crippen molar-refractivity contribution in [2.24, 2.45) is 7.05 Å². The molecule has 2 aromatic heterocycles. The number of imidazole rings is 1. The summed E-state index contributed by atoms with van der Waals surface area (Å²) in [5.41, 5.74) is 2.54. The molecule has 0 unspecified atom stereocenters. The van der Waals surface area contributed by atoms with Crippen LogP contribution in [0.5, 0.6) is 0 Å². The lowest BCUT2D eigenvalue weighted by molar-refractivity contribution is 0.930. The predicted octanol–water partition coefficient (Wildman–Crippen LogP) is 2.98. The molecule has 2 aromatic carbocycles. The van der Waals surface area contributed by atoms with Crippen molar-refractivity contribution in [1.82, 2.24) is 19.5 Å². The topological polar surface area (TPSA) is 63.6 Å². The molecule has 4 rings (SSSR count). The van der Waals surface area contributed by atoms with Gasteiger partial charge in [0.15, 0.2) is 0 Å². The van der Waals surface area contributed by atoms with E-state index in [1.807, 2.05) is 60.2 Å². The second-order valence-corrected chi connectivity index (χ2v) is 5.32. The van der Waals surface area contributed by atoms with Crippen LogP contribution in [0.2, 0.25) is 0 Å². The summed E-state index contributed by atoms with van der Waals surface area (Å²) >= 11 is 0. The van der Waals surface area contributed by atoms with Crippen molar-refractivity contribution in [3.8, 4) is 0 Å². The van der Waals surface area contributed by atoms with Gasteiger partial charge >= 0.3 is 0 Å². The number of aromatic nitrogens is 4. The van der Waals surface area contributed by atoms with Crippen LogP contribution in [0.15, 0.2) is 53.3 Å². The Labute approximate surface area is 131 Å². The molecule has 0 fully saturated rings. The third kappa shape index (κ3) is 2.32. The zero-order valence-corrected chi connectivity index (χ0v) is 12.5. The van der Waals surface area contributed by atoms with Gasteiger partial charge in [-0.25, -0.2) is 9.97 Å². The summed E-state index contributed by atoms with van der Waals surface area (Å²) in [5, 5.41) is 0.590. The predicted molar refractivity (Wildman–Crippen MR) is 92.0 cm³/mol. The van der Waals surface area contributed by atoms with Gasteiger partial charge in [0.25, 0.3) is 5.56 Å². The summed E-state index contributed by atoms with van der Waals surface area (Å²) in [6, 6.07) is 15.2. The first-order valence-electron chi connectivity index (χ1n) is 7.31. The summed E-state index contributed by atoms with van der Waals surface area (Å²) in [6.07, 6.45) is 3.63. The first-order valence-corrected chi connectivity index (χ1v) is 7.31. The van der Waals surface area contributed by atoms with E-state index in [-0.39, 0.29) is 5.56 Å². The number of H-pyrrole nitrogens is 1. The van der Waals surface area contributed by atoms with Gasteiger partial charge in [-0.05, 0) is 36.4 Å². The molecule has 112 valence electrons. The smallest absolute Gasteiger partial charge is 0.259 e. The fourth-order valence-electron chi connectivity index (χ4n) is 2.65. The fourth-order valence-corrected chi connectivity index (χ4v) is 2.65. The van der Waals surface area contributed by atoms with Crippen LogP contribution >= 0.6 is 0 Å². The zero-order chi connectivity index (χ0) is 15.8. The van der Waals surface area contributed by atoms with Gasteiger partial charge in [-0.2, -0.15) is 0 Å². The van der Waals surface area contributed by atoms with Crippen molar-refractivity contribution in [1.29, 1.82) is 0 Å². The Hall–Kier alpha value is -3.21. The number of hydrogen-bond donors (Lipinski definition) is 1. The minimum Gasteiger partial charge on any atom is -0.328 e. The van der Waals surface area contributed by atoms with E-state index >= 15 is 0 Å². The molecule has 0 spiro atoms. The van der Waals surface area contributed by atoms with Gasteiger partial charge in [0, 0.05) is 7.05 Å². The standard InChI is InChI=1S/C18H14N4O/c1-22-15-9-5-4-8-14(15)20-17(22)11-10-16-19-13-7-3-2-6-12(13)18(23)21-16/h2-11H,1H3,(H,19,21,23). The van der Waals surface area contributed by atoms with Crippen molar-refractivity contribution in [3.63, 3.8) is 0 Å². The van der Waals surface area contributed by atoms with Crippen LogP contribution in [-0.2, 0) is 7.05 Å². The number of hydrogen-bond acceptors (Lipinski definition) is 3. The van der Waals surface area contributed by atoms with Gasteiger partial charge in [-0.3, -0.25) is 4.79 Å². The largest absolute Gasteiger partial charge is 0.328 e. The second-order valence-electron chi connectivity index (χ2n) is 5.32. The zero-order valence-electron chi connectivity index (χ0n) is 12.5. The minimum atomic E-state index is -0.139. The van der Waals surface area contributed by atoms with Crippen molar-refractivity contribution < 1.29 is 0 Å². The second kappa shape index (κ2) is 5.21. The number of nitrogens with one attached hydrogen (secondary N) is 1. The molecule has 5 nitrogen and oxygen atoms in total. The van der Waals surface area contributed by atoms with Crippen LogP contribution in [0.3, 0.4) is 0 Å². The molecule has 2 heterocycles. The number of benzene rings is 2. The van der Waals surface area contributed by atoms with E-state index in [0.29, 0.717) is 16.7 Å². The lowest BCUT2D eigenvalue weighted by Gasteiger charge is -1.99. The molecule has 23 heavy (non-hydrogen) atoms.